The third-order valence-electron chi connectivity index (χ3n) is 4.03. The molecule has 0 aromatic heterocycles. The zero-order valence-corrected chi connectivity index (χ0v) is 14.1. The van der Waals surface area contributed by atoms with E-state index in [0.717, 1.165) is 25.7 Å². The molecular weight excluding hydrogens is 351 g/mol. The zero-order valence-electron chi connectivity index (χ0n) is 12.5. The molecule has 0 radical (unpaired) electrons. The molecule has 0 aliphatic heterocycles. The number of anilines is 1. The molecule has 1 aromatic rings. The second-order valence-corrected chi connectivity index (χ2v) is 6.57. The fourth-order valence-corrected chi connectivity index (χ4v) is 3.26. The minimum Gasteiger partial charge on any atom is -0.395 e. The van der Waals surface area contributed by atoms with Gasteiger partial charge in [-0.15, -0.1) is 0 Å². The number of halogens is 2. The molecule has 1 aliphatic carbocycles. The van der Waals surface area contributed by atoms with Gasteiger partial charge in [0, 0.05) is 17.1 Å². The van der Waals surface area contributed by atoms with Crippen LogP contribution in [0.3, 0.4) is 0 Å². The molecule has 1 saturated carbocycles. The lowest BCUT2D eigenvalue weighted by Crippen LogP contribution is -2.43. The van der Waals surface area contributed by atoms with Gasteiger partial charge in [-0.05, 0) is 31.0 Å². The van der Waals surface area contributed by atoms with Gasteiger partial charge in [-0.3, -0.25) is 9.69 Å². The van der Waals surface area contributed by atoms with Crippen molar-refractivity contribution in [2.24, 2.45) is 0 Å². The van der Waals surface area contributed by atoms with Crippen LogP contribution in [0, 0.1) is 5.82 Å². The van der Waals surface area contributed by atoms with Crippen molar-refractivity contribution in [3.05, 3.63) is 28.5 Å². The van der Waals surface area contributed by atoms with Crippen molar-refractivity contribution in [3.63, 3.8) is 0 Å². The topological polar surface area (TPSA) is 52.6 Å². The summed E-state index contributed by atoms with van der Waals surface area (Å²) < 4.78 is 14.4. The first kappa shape index (κ1) is 17.4. The van der Waals surface area contributed by atoms with Gasteiger partial charge in [-0.25, -0.2) is 4.39 Å². The molecule has 1 fully saturated rings. The van der Waals surface area contributed by atoms with Gasteiger partial charge in [-0.2, -0.15) is 0 Å². The van der Waals surface area contributed by atoms with Crippen molar-refractivity contribution in [2.75, 3.05) is 25.0 Å². The van der Waals surface area contributed by atoms with Gasteiger partial charge in [0.05, 0.1) is 18.8 Å². The average Bonchev–Trinajstić information content (AvgIpc) is 2.50. The third-order valence-corrected chi connectivity index (χ3v) is 4.52. The van der Waals surface area contributed by atoms with E-state index in [0.29, 0.717) is 17.1 Å². The molecular formula is C16H22BrFN2O2. The quantitative estimate of drug-likeness (QED) is 0.806. The van der Waals surface area contributed by atoms with E-state index in [1.807, 2.05) is 4.90 Å². The van der Waals surface area contributed by atoms with Gasteiger partial charge >= 0.3 is 0 Å². The summed E-state index contributed by atoms with van der Waals surface area (Å²) in [5.41, 5.74) is 0.181. The maximum absolute atomic E-state index is 13.8. The SMILES string of the molecule is O=C(CN(CCO)C1CCCCC1)Nc1ccc(Br)cc1F. The third kappa shape index (κ3) is 5.04. The lowest BCUT2D eigenvalue weighted by atomic mass is 9.94. The van der Waals surface area contributed by atoms with E-state index in [1.54, 1.807) is 6.07 Å². The molecule has 2 N–H and O–H groups in total. The summed E-state index contributed by atoms with van der Waals surface area (Å²) >= 11 is 3.19. The Morgan fingerprint density at radius 1 is 1.36 bits per heavy atom. The molecule has 0 saturated heterocycles. The van der Waals surface area contributed by atoms with Crippen LogP contribution in [0.5, 0.6) is 0 Å². The fraction of sp³-hybridized carbons (Fsp3) is 0.562. The van der Waals surface area contributed by atoms with Crippen LogP contribution >= 0.6 is 15.9 Å². The molecule has 22 heavy (non-hydrogen) atoms. The predicted octanol–water partition coefficient (Wildman–Crippen LogP) is 3.15. The summed E-state index contributed by atoms with van der Waals surface area (Å²) in [7, 11) is 0. The van der Waals surface area contributed by atoms with E-state index >= 15 is 0 Å². The van der Waals surface area contributed by atoms with Gasteiger partial charge in [0.25, 0.3) is 0 Å². The maximum atomic E-state index is 13.8. The van der Waals surface area contributed by atoms with E-state index in [2.05, 4.69) is 21.2 Å². The van der Waals surface area contributed by atoms with Crippen molar-refractivity contribution in [1.29, 1.82) is 0 Å². The van der Waals surface area contributed by atoms with Crippen LogP contribution in [-0.4, -0.2) is 41.7 Å². The smallest absolute Gasteiger partial charge is 0.238 e. The van der Waals surface area contributed by atoms with Crippen LogP contribution in [0.25, 0.3) is 0 Å². The normalized spacial score (nSPS) is 16.0. The number of carbonyl (C=O) groups excluding carboxylic acids is 1. The van der Waals surface area contributed by atoms with Crippen molar-refractivity contribution in [1.82, 2.24) is 4.90 Å². The number of aliphatic hydroxyl groups is 1. The maximum Gasteiger partial charge on any atom is 0.238 e. The molecule has 1 amide bonds. The highest BCUT2D eigenvalue weighted by atomic mass is 79.9. The first-order valence-electron chi connectivity index (χ1n) is 7.70. The second kappa shape index (κ2) is 8.60. The lowest BCUT2D eigenvalue weighted by molar-refractivity contribution is -0.118. The Labute approximate surface area is 138 Å². The average molecular weight is 373 g/mol. The molecule has 4 nitrogen and oxygen atoms in total. The highest BCUT2D eigenvalue weighted by molar-refractivity contribution is 9.10. The standard InChI is InChI=1S/C16H22BrFN2O2/c17-12-6-7-15(14(18)10-12)19-16(22)11-20(8-9-21)13-4-2-1-3-5-13/h6-7,10,13,21H,1-5,8-9,11H2,(H,19,22). The van der Waals surface area contributed by atoms with Crippen molar-refractivity contribution >= 4 is 27.5 Å². The van der Waals surface area contributed by atoms with Gasteiger partial charge in [0.15, 0.2) is 0 Å². The molecule has 2 rings (SSSR count). The Kier molecular flexibility index (Phi) is 6.79. The number of amides is 1. The Balaban J connectivity index is 1.95. The van der Waals surface area contributed by atoms with Crippen LogP contribution in [0.15, 0.2) is 22.7 Å². The number of hydrogen-bond donors (Lipinski definition) is 2. The number of nitrogens with zero attached hydrogens (tertiary/aromatic N) is 1. The summed E-state index contributed by atoms with van der Waals surface area (Å²) in [5.74, 6) is -0.714. The van der Waals surface area contributed by atoms with E-state index in [9.17, 15) is 14.3 Å². The molecule has 0 spiro atoms. The van der Waals surface area contributed by atoms with Crippen molar-refractivity contribution < 1.29 is 14.3 Å². The van der Waals surface area contributed by atoms with Crippen LogP contribution in [0.4, 0.5) is 10.1 Å². The monoisotopic (exact) mass is 372 g/mol. The summed E-state index contributed by atoms with van der Waals surface area (Å²) in [4.78, 5) is 14.2. The van der Waals surface area contributed by atoms with Gasteiger partial charge < -0.3 is 10.4 Å². The minimum absolute atomic E-state index is 0.0242. The molecule has 1 aromatic carbocycles. The fourth-order valence-electron chi connectivity index (χ4n) is 2.93. The number of rotatable bonds is 6. The highest BCUT2D eigenvalue weighted by Crippen LogP contribution is 2.23. The Morgan fingerprint density at radius 2 is 2.09 bits per heavy atom. The number of hydrogen-bond acceptors (Lipinski definition) is 3. The van der Waals surface area contributed by atoms with Crippen LogP contribution in [0.1, 0.15) is 32.1 Å². The van der Waals surface area contributed by atoms with E-state index in [-0.39, 0.29) is 24.7 Å². The van der Waals surface area contributed by atoms with E-state index in [1.165, 1.54) is 18.6 Å². The number of aliphatic hydroxyl groups excluding tert-OH is 1. The largest absolute Gasteiger partial charge is 0.395 e. The summed E-state index contributed by atoms with van der Waals surface area (Å²) in [6, 6.07) is 4.88. The molecule has 0 atom stereocenters. The molecule has 0 heterocycles. The summed E-state index contributed by atoms with van der Waals surface area (Å²) in [5, 5.41) is 11.8. The van der Waals surface area contributed by atoms with E-state index < -0.39 is 5.82 Å². The van der Waals surface area contributed by atoms with E-state index in [4.69, 9.17) is 0 Å². The lowest BCUT2D eigenvalue weighted by Gasteiger charge is -2.33. The Morgan fingerprint density at radius 3 is 2.73 bits per heavy atom. The zero-order chi connectivity index (χ0) is 15.9. The Bertz CT molecular complexity index is 507. The molecule has 122 valence electrons. The summed E-state index contributed by atoms with van der Waals surface area (Å²) in [6.45, 7) is 0.679. The van der Waals surface area contributed by atoms with Crippen LogP contribution in [-0.2, 0) is 4.79 Å². The highest BCUT2D eigenvalue weighted by Gasteiger charge is 2.23. The molecule has 1 aliphatic rings. The minimum atomic E-state index is -0.464. The number of carbonyl (C=O) groups is 1. The van der Waals surface area contributed by atoms with Gasteiger partial charge in [0.2, 0.25) is 5.91 Å². The summed E-state index contributed by atoms with van der Waals surface area (Å²) in [6.07, 6.45) is 5.67. The predicted molar refractivity (Wildman–Crippen MR) is 88.3 cm³/mol. The van der Waals surface area contributed by atoms with Crippen LogP contribution in [0.2, 0.25) is 0 Å². The van der Waals surface area contributed by atoms with Crippen molar-refractivity contribution in [3.8, 4) is 0 Å². The first-order chi connectivity index (χ1) is 10.6. The second-order valence-electron chi connectivity index (χ2n) is 5.66. The van der Waals surface area contributed by atoms with Crippen LogP contribution < -0.4 is 5.32 Å². The van der Waals surface area contributed by atoms with Gasteiger partial charge in [0.1, 0.15) is 5.82 Å². The Hall–Kier alpha value is -0.980. The number of benzene rings is 1. The number of nitrogens with one attached hydrogen (secondary N) is 1. The van der Waals surface area contributed by atoms with Gasteiger partial charge in [-0.1, -0.05) is 35.2 Å². The molecule has 0 unspecified atom stereocenters. The molecule has 6 heteroatoms. The first-order valence-corrected chi connectivity index (χ1v) is 8.49. The van der Waals surface area contributed by atoms with Crippen molar-refractivity contribution in [2.45, 2.75) is 38.1 Å². The molecule has 0 bridgehead atoms.